The number of benzene rings is 2. The van der Waals surface area contributed by atoms with Crippen LogP contribution in [-0.2, 0) is 47.7 Å². The Morgan fingerprint density at radius 1 is 0.600 bits per heavy atom. The molecular formula is C38H38Br2N10O10. The highest BCUT2D eigenvalue weighted by atomic mass is 79.9. The Morgan fingerprint density at radius 3 is 1.38 bits per heavy atom. The number of ether oxygens (including phenoxy) is 4. The van der Waals surface area contributed by atoms with Gasteiger partial charge < -0.3 is 40.2 Å². The van der Waals surface area contributed by atoms with E-state index in [-0.39, 0.29) is 0 Å². The minimum absolute atomic E-state index is 0.502. The van der Waals surface area contributed by atoms with E-state index in [1.54, 1.807) is 61.5 Å². The number of halogens is 2. The molecule has 4 N–H and O–H groups in total. The molecule has 2 aliphatic rings. The highest BCUT2D eigenvalue weighted by Gasteiger charge is 2.34. The normalized spacial score (nSPS) is 17.5. The van der Waals surface area contributed by atoms with Crippen molar-refractivity contribution in [3.05, 3.63) is 82.8 Å². The topological polar surface area (TPSA) is 246 Å². The van der Waals surface area contributed by atoms with Gasteiger partial charge in [0.05, 0.1) is 44.2 Å². The molecule has 0 saturated carbocycles. The minimum atomic E-state index is -1.42. The number of amides is 2. The second-order valence-corrected chi connectivity index (χ2v) is 14.8. The van der Waals surface area contributed by atoms with Crippen molar-refractivity contribution in [3.8, 4) is 0 Å². The Bertz CT molecular complexity index is 2220. The molecule has 6 unspecified atom stereocenters. The first-order valence-corrected chi connectivity index (χ1v) is 19.9. The van der Waals surface area contributed by atoms with Gasteiger partial charge in [0.15, 0.2) is 37.0 Å². The maximum Gasteiger partial charge on any atom is 0.347 e. The third-order valence-corrected chi connectivity index (χ3v) is 10.5. The third kappa shape index (κ3) is 10.1. The average molecular weight is 955 g/mol. The van der Waals surface area contributed by atoms with Crippen LogP contribution in [0.15, 0.2) is 82.8 Å². The molecule has 2 amide bonds. The lowest BCUT2D eigenvalue weighted by molar-refractivity contribution is -0.175. The largest absolute Gasteiger partial charge is 0.451 e. The molecule has 0 saturated heterocycles. The van der Waals surface area contributed by atoms with Crippen molar-refractivity contribution >= 4 is 101 Å². The minimum Gasteiger partial charge on any atom is -0.451 e. The van der Waals surface area contributed by atoms with Crippen LogP contribution < -0.4 is 21.3 Å². The van der Waals surface area contributed by atoms with E-state index < -0.39 is 85.5 Å². The van der Waals surface area contributed by atoms with Gasteiger partial charge in [-0.2, -0.15) is 0 Å². The van der Waals surface area contributed by atoms with Crippen molar-refractivity contribution in [2.45, 2.75) is 77.5 Å². The van der Waals surface area contributed by atoms with Crippen LogP contribution in [0.2, 0.25) is 0 Å². The second-order valence-electron chi connectivity index (χ2n) is 13.2. The number of carbonyl (C=O) groups is 6. The van der Waals surface area contributed by atoms with Crippen LogP contribution in [-0.4, -0.2) is 102 Å². The van der Waals surface area contributed by atoms with E-state index in [0.29, 0.717) is 42.4 Å². The van der Waals surface area contributed by atoms with E-state index in [0.717, 1.165) is 0 Å². The zero-order chi connectivity index (χ0) is 43.1. The number of aromatic nitrogens is 4. The Labute approximate surface area is 358 Å². The molecule has 0 aliphatic carbocycles. The van der Waals surface area contributed by atoms with Crippen molar-refractivity contribution in [3.63, 3.8) is 0 Å². The summed E-state index contributed by atoms with van der Waals surface area (Å²) in [7, 11) is 0. The number of carbonyl (C=O) groups excluding carboxylic acids is 6. The third-order valence-electron chi connectivity index (χ3n) is 8.88. The monoisotopic (exact) mass is 952 g/mol. The van der Waals surface area contributed by atoms with Crippen LogP contribution in [0, 0.1) is 0 Å². The molecule has 0 bridgehead atoms. The van der Waals surface area contributed by atoms with Crippen molar-refractivity contribution in [2.75, 3.05) is 10.6 Å². The fraction of sp³-hybridized carbons (Fsp3) is 0.316. The number of anilines is 2. The van der Waals surface area contributed by atoms with Crippen molar-refractivity contribution < 1.29 is 47.7 Å². The van der Waals surface area contributed by atoms with E-state index in [1.807, 2.05) is 0 Å². The molecule has 20 nitrogen and oxygen atoms in total. The van der Waals surface area contributed by atoms with Gasteiger partial charge in [-0.3, -0.25) is 48.9 Å². The molecular weight excluding hydrogens is 916 g/mol. The van der Waals surface area contributed by atoms with E-state index in [1.165, 1.54) is 49.9 Å². The molecule has 2 aromatic heterocycles. The first kappa shape index (κ1) is 43.2. The molecule has 4 aromatic rings. The Balaban J connectivity index is 0.905. The van der Waals surface area contributed by atoms with Crippen molar-refractivity contribution in [1.29, 1.82) is 0 Å². The van der Waals surface area contributed by atoms with Gasteiger partial charge in [0, 0.05) is 49.6 Å². The molecule has 6 atom stereocenters. The van der Waals surface area contributed by atoms with Gasteiger partial charge in [0.2, 0.25) is 0 Å². The highest BCUT2D eigenvalue weighted by molar-refractivity contribution is 9.11. The Kier molecular flexibility index (Phi) is 13.7. The maximum absolute atomic E-state index is 13.3. The summed E-state index contributed by atoms with van der Waals surface area (Å²) in [6.07, 6.45) is 4.43. The van der Waals surface area contributed by atoms with E-state index in [4.69, 9.17) is 18.9 Å². The SMILES string of the molecule is CC(OC(=O)CCC(=O)OC(C)C(=O)OC(C)C(=O)N1C=CNC1Nc1ccc2nccnc2c1Br)C(=O)OC(C)C(=O)N1C=CNC1Nc1ccc2nccnc2c1Br. The zero-order valence-corrected chi connectivity index (χ0v) is 35.5. The number of nitrogens with zero attached hydrogens (tertiary/aromatic N) is 6. The van der Waals surface area contributed by atoms with Crippen molar-refractivity contribution in [2.24, 2.45) is 0 Å². The standard InChI is InChI=1S/C38H38Br2N10O10/c1-19(33(53)49-17-15-45-37(49)47-23-5-7-25-31(29(23)39)43-13-11-41-25)59-35(55)21(3)57-27(51)9-10-28(52)58-22(4)36(56)60-20(2)34(54)50-18-16-46-38(50)48-24-6-8-26-32(30(24)40)44-14-12-42-26/h5-8,11-22,37-38,45-48H,9-10H2,1-4H3. The van der Waals surface area contributed by atoms with Gasteiger partial charge in [-0.15, -0.1) is 0 Å². The van der Waals surface area contributed by atoms with Crippen molar-refractivity contribution in [1.82, 2.24) is 40.4 Å². The lowest BCUT2D eigenvalue weighted by Crippen LogP contribution is -2.49. The van der Waals surface area contributed by atoms with Crippen LogP contribution in [0.5, 0.6) is 0 Å². The summed E-state index contributed by atoms with van der Waals surface area (Å²) in [4.78, 5) is 96.8. The summed E-state index contributed by atoms with van der Waals surface area (Å²) in [5, 5.41) is 12.4. The molecule has 22 heteroatoms. The summed E-state index contributed by atoms with van der Waals surface area (Å²) < 4.78 is 22.1. The molecule has 0 fully saturated rings. The van der Waals surface area contributed by atoms with E-state index in [2.05, 4.69) is 73.1 Å². The van der Waals surface area contributed by atoms with Crippen LogP contribution >= 0.6 is 31.9 Å². The number of nitrogens with one attached hydrogen (secondary N) is 4. The Hall–Kier alpha value is -6.42. The molecule has 2 aliphatic heterocycles. The number of fused-ring (bicyclic) bond motifs is 2. The van der Waals surface area contributed by atoms with E-state index in [9.17, 15) is 28.8 Å². The second kappa shape index (κ2) is 19.1. The lowest BCUT2D eigenvalue weighted by atomic mass is 10.2. The molecule has 2 aromatic carbocycles. The summed E-state index contributed by atoms with van der Waals surface area (Å²) in [6, 6.07) is 7.08. The van der Waals surface area contributed by atoms with Gasteiger partial charge in [0.25, 0.3) is 11.8 Å². The van der Waals surface area contributed by atoms with Gasteiger partial charge in [-0.1, -0.05) is 0 Å². The van der Waals surface area contributed by atoms with Gasteiger partial charge in [0.1, 0.15) is 11.0 Å². The summed E-state index contributed by atoms with van der Waals surface area (Å²) >= 11 is 7.05. The van der Waals surface area contributed by atoms with E-state index >= 15 is 0 Å². The fourth-order valence-corrected chi connectivity index (χ4v) is 6.89. The zero-order valence-electron chi connectivity index (χ0n) is 32.3. The number of rotatable bonds is 15. The molecule has 0 radical (unpaired) electrons. The average Bonchev–Trinajstić information content (AvgIpc) is 3.91. The maximum atomic E-state index is 13.3. The van der Waals surface area contributed by atoms with Crippen LogP contribution in [0.25, 0.3) is 22.1 Å². The first-order valence-electron chi connectivity index (χ1n) is 18.3. The summed E-state index contributed by atoms with van der Waals surface area (Å²) in [5.41, 5.74) is 3.81. The fourth-order valence-electron chi connectivity index (χ4n) is 5.78. The molecule has 4 heterocycles. The predicted octanol–water partition coefficient (Wildman–Crippen LogP) is 3.50. The van der Waals surface area contributed by atoms with Gasteiger partial charge in [-0.05, 0) is 83.8 Å². The number of hydrogen-bond donors (Lipinski definition) is 4. The lowest BCUT2D eigenvalue weighted by Gasteiger charge is -2.28. The predicted molar refractivity (Wildman–Crippen MR) is 219 cm³/mol. The van der Waals surface area contributed by atoms with Gasteiger partial charge in [-0.25, -0.2) is 9.59 Å². The quantitative estimate of drug-likeness (QED) is 0.0984. The molecule has 314 valence electrons. The molecule has 6 rings (SSSR count). The molecule has 60 heavy (non-hydrogen) atoms. The van der Waals surface area contributed by atoms with Crippen LogP contribution in [0.4, 0.5) is 11.4 Å². The van der Waals surface area contributed by atoms with Gasteiger partial charge >= 0.3 is 23.9 Å². The smallest absolute Gasteiger partial charge is 0.347 e. The number of esters is 4. The number of hydrogen-bond acceptors (Lipinski definition) is 18. The summed E-state index contributed by atoms with van der Waals surface area (Å²) in [6.45, 7) is 5.25. The Morgan fingerprint density at radius 2 is 0.983 bits per heavy atom. The first-order chi connectivity index (χ1) is 28.7. The summed E-state index contributed by atoms with van der Waals surface area (Å²) in [5.74, 6) is -5.04. The molecule has 0 spiro atoms. The van der Waals surface area contributed by atoms with Crippen LogP contribution in [0.3, 0.4) is 0 Å². The van der Waals surface area contributed by atoms with Crippen LogP contribution in [0.1, 0.15) is 40.5 Å². The highest BCUT2D eigenvalue weighted by Crippen LogP contribution is 2.31.